The van der Waals surface area contributed by atoms with Crippen molar-refractivity contribution in [1.29, 1.82) is 0 Å². The van der Waals surface area contributed by atoms with E-state index in [0.717, 1.165) is 37.0 Å². The molecule has 0 spiro atoms. The lowest BCUT2D eigenvalue weighted by Gasteiger charge is -2.19. The highest BCUT2D eigenvalue weighted by molar-refractivity contribution is 5.73. The van der Waals surface area contributed by atoms with Crippen LogP contribution in [0, 0.1) is 5.92 Å². The van der Waals surface area contributed by atoms with Gasteiger partial charge in [0, 0.05) is 13.5 Å². The molecule has 148 valence electrons. The number of methoxy groups -OCH3 is 2. The molecule has 0 amide bonds. The van der Waals surface area contributed by atoms with Crippen LogP contribution in [-0.4, -0.2) is 38.2 Å². The van der Waals surface area contributed by atoms with Crippen molar-refractivity contribution >= 4 is 5.97 Å². The Morgan fingerprint density at radius 2 is 1.78 bits per heavy atom. The molecule has 2 rings (SSSR count). The van der Waals surface area contributed by atoms with E-state index in [4.69, 9.17) is 14.2 Å². The molecule has 0 saturated heterocycles. The fourth-order valence-corrected chi connectivity index (χ4v) is 3.12. The van der Waals surface area contributed by atoms with E-state index in [9.17, 15) is 9.90 Å². The van der Waals surface area contributed by atoms with Gasteiger partial charge >= 0.3 is 5.97 Å². The maximum atomic E-state index is 11.8. The monoisotopic (exact) mass is 374 g/mol. The first-order chi connectivity index (χ1) is 13.1. The molecule has 2 unspecified atom stereocenters. The van der Waals surface area contributed by atoms with E-state index < -0.39 is 18.2 Å². The number of hydrogen-bond donors (Lipinski definition) is 1. The third-order valence-electron chi connectivity index (χ3n) is 4.94. The number of carbonyl (C=O) groups is 1. The molecule has 0 aromatic heterocycles. The molecule has 5 nitrogen and oxygen atoms in total. The highest BCUT2D eigenvalue weighted by atomic mass is 16.6. The number of esters is 1. The van der Waals surface area contributed by atoms with Crippen LogP contribution in [-0.2, 0) is 20.7 Å². The molecule has 2 atom stereocenters. The zero-order chi connectivity index (χ0) is 19.6. The number of hydrogen-bond acceptors (Lipinski definition) is 5. The summed E-state index contributed by atoms with van der Waals surface area (Å²) < 4.78 is 15.5. The molecule has 0 radical (unpaired) electrons. The number of carbonyl (C=O) groups excluding carboxylic acids is 1. The van der Waals surface area contributed by atoms with Crippen molar-refractivity contribution in [3.63, 3.8) is 0 Å². The molecule has 0 heterocycles. The molecular formula is C22H30O5. The van der Waals surface area contributed by atoms with Crippen molar-refractivity contribution in [2.45, 2.75) is 45.3 Å². The fourth-order valence-electron chi connectivity index (χ4n) is 3.12. The summed E-state index contributed by atoms with van der Waals surface area (Å²) in [6.07, 6.45) is 7.94. The van der Waals surface area contributed by atoms with Crippen molar-refractivity contribution in [1.82, 2.24) is 0 Å². The van der Waals surface area contributed by atoms with E-state index in [1.54, 1.807) is 0 Å². The Labute approximate surface area is 161 Å². The standard InChI is InChI=1S/C22H30O5/c1-4-16-5-7-17(8-6-16)13-14-27-19-11-9-18(10-12-19)15-20(21(23)25-2)22(24)26-3/h5,7,9-12,20-21,23H,4,6,8,13-15H2,1-3H3. The summed E-state index contributed by atoms with van der Waals surface area (Å²) in [5.41, 5.74) is 3.85. The molecule has 1 aliphatic carbocycles. The minimum atomic E-state index is -1.19. The highest BCUT2D eigenvalue weighted by Crippen LogP contribution is 2.23. The van der Waals surface area contributed by atoms with Crippen LogP contribution in [0.25, 0.3) is 0 Å². The molecule has 1 aliphatic rings. The van der Waals surface area contributed by atoms with Gasteiger partial charge in [0.25, 0.3) is 0 Å². The lowest BCUT2D eigenvalue weighted by Crippen LogP contribution is -2.32. The van der Waals surface area contributed by atoms with Gasteiger partial charge in [-0.1, -0.05) is 42.4 Å². The molecule has 1 aromatic rings. The van der Waals surface area contributed by atoms with Gasteiger partial charge in [-0.05, 0) is 43.4 Å². The SMILES string of the molecule is CCC1=CC=C(CCOc2ccc(CC(C(=O)OC)C(O)OC)cc2)CC1. The zero-order valence-corrected chi connectivity index (χ0v) is 16.4. The molecule has 5 heteroatoms. The van der Waals surface area contributed by atoms with Crippen LogP contribution in [0.3, 0.4) is 0 Å². The van der Waals surface area contributed by atoms with E-state index >= 15 is 0 Å². The Kier molecular flexibility index (Phi) is 8.55. The minimum Gasteiger partial charge on any atom is -0.493 e. The normalized spacial score (nSPS) is 16.1. The van der Waals surface area contributed by atoms with Crippen LogP contribution in [0.15, 0.2) is 47.6 Å². The van der Waals surface area contributed by atoms with E-state index in [1.165, 1.54) is 25.4 Å². The summed E-state index contributed by atoms with van der Waals surface area (Å²) in [4.78, 5) is 11.8. The Morgan fingerprint density at radius 3 is 2.33 bits per heavy atom. The minimum absolute atomic E-state index is 0.334. The maximum absolute atomic E-state index is 11.8. The van der Waals surface area contributed by atoms with Crippen molar-refractivity contribution in [3.8, 4) is 5.75 Å². The van der Waals surface area contributed by atoms with Gasteiger partial charge < -0.3 is 19.3 Å². The number of allylic oxidation sites excluding steroid dienone is 3. The Hall–Kier alpha value is -2.11. The molecule has 27 heavy (non-hydrogen) atoms. The summed E-state index contributed by atoms with van der Waals surface area (Å²) in [7, 11) is 2.66. The fraction of sp³-hybridized carbons (Fsp3) is 0.500. The lowest BCUT2D eigenvalue weighted by atomic mass is 9.95. The second-order valence-electron chi connectivity index (χ2n) is 6.71. The molecule has 0 bridgehead atoms. The first kappa shape index (κ1) is 21.2. The van der Waals surface area contributed by atoms with Gasteiger partial charge in [0.1, 0.15) is 11.7 Å². The third kappa shape index (κ3) is 6.52. The first-order valence-electron chi connectivity index (χ1n) is 9.45. The van der Waals surface area contributed by atoms with Crippen LogP contribution in [0.5, 0.6) is 5.75 Å². The first-order valence-corrected chi connectivity index (χ1v) is 9.45. The molecule has 1 aromatic carbocycles. The van der Waals surface area contributed by atoms with Crippen molar-refractivity contribution in [2.24, 2.45) is 5.92 Å². The number of aliphatic hydroxyl groups is 1. The highest BCUT2D eigenvalue weighted by Gasteiger charge is 2.28. The molecule has 0 saturated carbocycles. The number of aliphatic hydroxyl groups excluding tert-OH is 1. The van der Waals surface area contributed by atoms with Crippen molar-refractivity contribution in [2.75, 3.05) is 20.8 Å². The van der Waals surface area contributed by atoms with Crippen LogP contribution < -0.4 is 4.74 Å². The van der Waals surface area contributed by atoms with Crippen molar-refractivity contribution < 1.29 is 24.1 Å². The summed E-state index contributed by atoms with van der Waals surface area (Å²) in [5.74, 6) is -0.460. The second-order valence-corrected chi connectivity index (χ2v) is 6.71. The third-order valence-corrected chi connectivity index (χ3v) is 4.94. The summed E-state index contributed by atoms with van der Waals surface area (Å²) in [6.45, 7) is 2.84. The average Bonchev–Trinajstić information content (AvgIpc) is 2.72. The quantitative estimate of drug-likeness (QED) is 0.498. The average molecular weight is 374 g/mol. The summed E-state index contributed by atoms with van der Waals surface area (Å²) in [5, 5.41) is 9.85. The topological polar surface area (TPSA) is 65.0 Å². The molecule has 0 aliphatic heterocycles. The Bertz CT molecular complexity index is 660. The van der Waals surface area contributed by atoms with Crippen LogP contribution in [0.1, 0.15) is 38.2 Å². The zero-order valence-electron chi connectivity index (χ0n) is 16.4. The summed E-state index contributed by atoms with van der Waals surface area (Å²) in [6, 6.07) is 7.55. The largest absolute Gasteiger partial charge is 0.493 e. The van der Waals surface area contributed by atoms with E-state index in [2.05, 4.69) is 19.1 Å². The smallest absolute Gasteiger partial charge is 0.314 e. The van der Waals surface area contributed by atoms with Gasteiger partial charge in [-0.25, -0.2) is 0 Å². The van der Waals surface area contributed by atoms with E-state index in [1.807, 2.05) is 24.3 Å². The Balaban J connectivity index is 1.85. The van der Waals surface area contributed by atoms with Gasteiger partial charge in [-0.15, -0.1) is 0 Å². The van der Waals surface area contributed by atoms with Crippen LogP contribution >= 0.6 is 0 Å². The van der Waals surface area contributed by atoms with Gasteiger partial charge in [-0.3, -0.25) is 4.79 Å². The van der Waals surface area contributed by atoms with Crippen LogP contribution in [0.2, 0.25) is 0 Å². The lowest BCUT2D eigenvalue weighted by molar-refractivity contribution is -0.167. The van der Waals surface area contributed by atoms with Gasteiger partial charge in [0.05, 0.1) is 13.7 Å². The number of ether oxygens (including phenoxy) is 3. The number of benzene rings is 1. The van der Waals surface area contributed by atoms with Gasteiger partial charge in [0.15, 0.2) is 6.29 Å². The summed E-state index contributed by atoms with van der Waals surface area (Å²) >= 11 is 0. The second kappa shape index (κ2) is 10.9. The predicted octanol–water partition coefficient (Wildman–Crippen LogP) is 3.81. The molecule has 0 fully saturated rings. The van der Waals surface area contributed by atoms with Crippen molar-refractivity contribution in [3.05, 3.63) is 53.1 Å². The predicted molar refractivity (Wildman–Crippen MR) is 104 cm³/mol. The number of rotatable bonds is 10. The van der Waals surface area contributed by atoms with E-state index in [-0.39, 0.29) is 0 Å². The van der Waals surface area contributed by atoms with E-state index in [0.29, 0.717) is 13.0 Å². The molecular weight excluding hydrogens is 344 g/mol. The van der Waals surface area contributed by atoms with Crippen LogP contribution in [0.4, 0.5) is 0 Å². The Morgan fingerprint density at radius 1 is 1.11 bits per heavy atom. The molecule has 1 N–H and O–H groups in total. The maximum Gasteiger partial charge on any atom is 0.314 e. The van der Waals surface area contributed by atoms with Gasteiger partial charge in [0.2, 0.25) is 0 Å². The van der Waals surface area contributed by atoms with Gasteiger partial charge in [-0.2, -0.15) is 0 Å².